The van der Waals surface area contributed by atoms with Crippen molar-refractivity contribution in [1.82, 2.24) is 10.2 Å². The van der Waals surface area contributed by atoms with Gasteiger partial charge in [-0.2, -0.15) is 5.10 Å². The summed E-state index contributed by atoms with van der Waals surface area (Å²) in [5.74, 6) is -0.578. The van der Waals surface area contributed by atoms with Gasteiger partial charge in [0.2, 0.25) is 0 Å². The van der Waals surface area contributed by atoms with Gasteiger partial charge in [0.1, 0.15) is 5.56 Å². The number of rotatable bonds is 7. The van der Waals surface area contributed by atoms with Crippen LogP contribution in [0, 0.1) is 0 Å². The molecule has 1 atom stereocenters. The molecule has 0 aromatic carbocycles. The van der Waals surface area contributed by atoms with E-state index in [1.54, 1.807) is 0 Å². The van der Waals surface area contributed by atoms with Crippen molar-refractivity contribution in [1.29, 1.82) is 0 Å². The number of hydrogen-bond acceptors (Lipinski definition) is 5. The van der Waals surface area contributed by atoms with E-state index in [0.29, 0.717) is 25.2 Å². The van der Waals surface area contributed by atoms with Crippen LogP contribution in [0.15, 0.2) is 0 Å². The lowest BCUT2D eigenvalue weighted by molar-refractivity contribution is 0.0696. The number of aryl methyl sites for hydroxylation is 1. The third-order valence-electron chi connectivity index (χ3n) is 3.84. The Morgan fingerprint density at radius 2 is 2.19 bits per heavy atom. The summed E-state index contributed by atoms with van der Waals surface area (Å²) in [7, 11) is 0. The van der Waals surface area contributed by atoms with Crippen LogP contribution in [0.4, 0.5) is 5.82 Å². The molecule has 0 spiro atoms. The molecular weight excluding hydrogens is 270 g/mol. The number of carbonyl (C=O) groups is 1. The van der Waals surface area contributed by atoms with E-state index in [2.05, 4.69) is 15.5 Å². The van der Waals surface area contributed by atoms with Gasteiger partial charge >= 0.3 is 5.97 Å². The number of nitrogens with zero attached hydrogens (tertiary/aromatic N) is 2. The van der Waals surface area contributed by atoms with Crippen LogP contribution >= 0.6 is 0 Å². The van der Waals surface area contributed by atoms with Crippen molar-refractivity contribution in [3.63, 3.8) is 0 Å². The number of carboxylic acids is 1. The lowest BCUT2D eigenvalue weighted by Crippen LogP contribution is -2.18. The fraction of sp³-hybridized carbons (Fsp3) is 0.667. The predicted molar refractivity (Wildman–Crippen MR) is 79.8 cm³/mol. The molecule has 6 nitrogen and oxygen atoms in total. The van der Waals surface area contributed by atoms with Gasteiger partial charge in [0.15, 0.2) is 5.82 Å². The highest BCUT2D eigenvalue weighted by Gasteiger charge is 2.21. The number of aromatic carboxylic acids is 1. The molecule has 1 aliphatic heterocycles. The third-order valence-corrected chi connectivity index (χ3v) is 3.84. The van der Waals surface area contributed by atoms with E-state index >= 15 is 0 Å². The zero-order valence-corrected chi connectivity index (χ0v) is 12.7. The summed E-state index contributed by atoms with van der Waals surface area (Å²) in [6.07, 6.45) is 4.65. The highest BCUT2D eigenvalue weighted by Crippen LogP contribution is 2.22. The molecule has 1 aromatic rings. The standard InChI is InChI=1S/C15H23N3O3/c1-3-11-12(4-2)17-18-14(13(11)15(19)20)16-8-7-10-6-5-9-21-10/h10H,3-9H2,1-2H3,(H,16,18)(H,19,20). The van der Waals surface area contributed by atoms with Crippen molar-refractivity contribution in [2.24, 2.45) is 0 Å². The maximum atomic E-state index is 11.6. The van der Waals surface area contributed by atoms with Crippen molar-refractivity contribution in [3.05, 3.63) is 16.8 Å². The lowest BCUT2D eigenvalue weighted by atomic mass is 10.0. The van der Waals surface area contributed by atoms with Crippen LogP contribution in [0.3, 0.4) is 0 Å². The number of carboxylic acid groups (broad SMARTS) is 1. The molecule has 1 aliphatic rings. The Balaban J connectivity index is 2.12. The second kappa shape index (κ2) is 7.36. The smallest absolute Gasteiger partial charge is 0.339 e. The number of anilines is 1. The van der Waals surface area contributed by atoms with E-state index in [-0.39, 0.29) is 11.7 Å². The normalized spacial score (nSPS) is 17.9. The second-order valence-corrected chi connectivity index (χ2v) is 5.21. The molecular formula is C15H23N3O3. The monoisotopic (exact) mass is 293 g/mol. The minimum atomic E-state index is -0.948. The Morgan fingerprint density at radius 1 is 1.38 bits per heavy atom. The van der Waals surface area contributed by atoms with Crippen LogP contribution in [-0.4, -0.2) is 40.5 Å². The molecule has 2 rings (SSSR count). The van der Waals surface area contributed by atoms with E-state index < -0.39 is 5.97 Å². The molecule has 0 bridgehead atoms. The predicted octanol–water partition coefficient (Wildman–Crippen LogP) is 2.28. The van der Waals surface area contributed by atoms with Gasteiger partial charge in [0.05, 0.1) is 11.8 Å². The summed E-state index contributed by atoms with van der Waals surface area (Å²) in [5.41, 5.74) is 1.80. The van der Waals surface area contributed by atoms with E-state index in [9.17, 15) is 9.90 Å². The summed E-state index contributed by atoms with van der Waals surface area (Å²) < 4.78 is 5.56. The molecule has 1 unspecified atom stereocenters. The molecule has 0 aliphatic carbocycles. The van der Waals surface area contributed by atoms with Crippen LogP contribution in [0.2, 0.25) is 0 Å². The van der Waals surface area contributed by atoms with Gasteiger partial charge in [-0.05, 0) is 37.7 Å². The molecule has 21 heavy (non-hydrogen) atoms. The summed E-state index contributed by atoms with van der Waals surface area (Å²) in [6, 6.07) is 0. The molecule has 6 heteroatoms. The molecule has 0 amide bonds. The van der Waals surface area contributed by atoms with E-state index in [4.69, 9.17) is 4.74 Å². The first kappa shape index (κ1) is 15.7. The van der Waals surface area contributed by atoms with Crippen LogP contribution in [-0.2, 0) is 17.6 Å². The van der Waals surface area contributed by atoms with Crippen molar-refractivity contribution < 1.29 is 14.6 Å². The van der Waals surface area contributed by atoms with Crippen molar-refractivity contribution in [2.45, 2.75) is 52.1 Å². The molecule has 2 N–H and O–H groups in total. The second-order valence-electron chi connectivity index (χ2n) is 5.21. The Hall–Kier alpha value is -1.69. The lowest BCUT2D eigenvalue weighted by Gasteiger charge is -2.15. The first-order valence-electron chi connectivity index (χ1n) is 7.64. The van der Waals surface area contributed by atoms with Gasteiger partial charge in [-0.15, -0.1) is 5.10 Å². The highest BCUT2D eigenvalue weighted by atomic mass is 16.5. The molecule has 2 heterocycles. The number of nitrogens with one attached hydrogen (secondary N) is 1. The van der Waals surface area contributed by atoms with Gasteiger partial charge in [0.25, 0.3) is 0 Å². The van der Waals surface area contributed by atoms with Gasteiger partial charge in [0, 0.05) is 13.2 Å². The van der Waals surface area contributed by atoms with E-state index in [1.807, 2.05) is 13.8 Å². The van der Waals surface area contributed by atoms with Gasteiger partial charge < -0.3 is 15.2 Å². The van der Waals surface area contributed by atoms with E-state index in [1.165, 1.54) is 0 Å². The largest absolute Gasteiger partial charge is 0.478 e. The maximum absolute atomic E-state index is 11.6. The fourth-order valence-electron chi connectivity index (χ4n) is 2.75. The Kier molecular flexibility index (Phi) is 5.50. The van der Waals surface area contributed by atoms with Gasteiger partial charge in [-0.25, -0.2) is 4.79 Å². The van der Waals surface area contributed by atoms with Crippen molar-refractivity contribution >= 4 is 11.8 Å². The first-order valence-corrected chi connectivity index (χ1v) is 7.64. The average molecular weight is 293 g/mol. The number of ether oxygens (including phenoxy) is 1. The third kappa shape index (κ3) is 3.69. The number of hydrogen-bond donors (Lipinski definition) is 2. The molecule has 0 radical (unpaired) electrons. The Bertz CT molecular complexity index is 499. The summed E-state index contributed by atoms with van der Waals surface area (Å²) in [6.45, 7) is 5.38. The SMILES string of the molecule is CCc1nnc(NCCC2CCCO2)c(C(=O)O)c1CC. The molecule has 1 aromatic heterocycles. The first-order chi connectivity index (χ1) is 10.2. The minimum absolute atomic E-state index is 0.261. The zero-order chi connectivity index (χ0) is 15.2. The Morgan fingerprint density at radius 3 is 2.76 bits per heavy atom. The number of aromatic nitrogens is 2. The Labute approximate surface area is 124 Å². The topological polar surface area (TPSA) is 84.3 Å². The van der Waals surface area contributed by atoms with Crippen LogP contribution in [0.1, 0.15) is 54.7 Å². The zero-order valence-electron chi connectivity index (χ0n) is 12.7. The quantitative estimate of drug-likeness (QED) is 0.802. The summed E-state index contributed by atoms with van der Waals surface area (Å²) in [4.78, 5) is 11.6. The average Bonchev–Trinajstić information content (AvgIpc) is 2.99. The fourth-order valence-corrected chi connectivity index (χ4v) is 2.75. The summed E-state index contributed by atoms with van der Waals surface area (Å²) >= 11 is 0. The van der Waals surface area contributed by atoms with Crippen LogP contribution < -0.4 is 5.32 Å². The summed E-state index contributed by atoms with van der Waals surface area (Å²) in [5, 5.41) is 20.8. The van der Waals surface area contributed by atoms with Crippen LogP contribution in [0.5, 0.6) is 0 Å². The maximum Gasteiger partial charge on any atom is 0.339 e. The minimum Gasteiger partial charge on any atom is -0.478 e. The highest BCUT2D eigenvalue weighted by molar-refractivity contribution is 5.95. The molecule has 116 valence electrons. The molecule has 1 fully saturated rings. The van der Waals surface area contributed by atoms with Gasteiger partial charge in [-0.3, -0.25) is 0 Å². The molecule has 1 saturated heterocycles. The van der Waals surface area contributed by atoms with Crippen molar-refractivity contribution in [2.75, 3.05) is 18.5 Å². The van der Waals surface area contributed by atoms with E-state index in [0.717, 1.165) is 37.1 Å². The van der Waals surface area contributed by atoms with Crippen LogP contribution in [0.25, 0.3) is 0 Å². The van der Waals surface area contributed by atoms with Gasteiger partial charge in [-0.1, -0.05) is 13.8 Å². The van der Waals surface area contributed by atoms with Crippen molar-refractivity contribution in [3.8, 4) is 0 Å². The molecule has 0 saturated carbocycles.